The third kappa shape index (κ3) is 8.57. The molecule has 0 amide bonds. The highest BCUT2D eigenvalue weighted by Gasteiger charge is 2.22. The van der Waals surface area contributed by atoms with Crippen LogP contribution in [0.1, 0.15) is 31.8 Å². The predicted molar refractivity (Wildman–Crippen MR) is 186 cm³/mol. The summed E-state index contributed by atoms with van der Waals surface area (Å²) in [5.74, 6) is 1.30. The zero-order valence-electron chi connectivity index (χ0n) is 25.4. The first kappa shape index (κ1) is 33.8. The zero-order valence-corrected chi connectivity index (χ0v) is 26.9. The summed E-state index contributed by atoms with van der Waals surface area (Å²) in [5, 5.41) is 1.09. The lowest BCUT2D eigenvalue weighted by Gasteiger charge is -2.20. The van der Waals surface area contributed by atoms with Crippen molar-refractivity contribution in [3.63, 3.8) is 0 Å². The maximum Gasteiger partial charge on any atom is 0.185 e. The molecule has 4 aromatic carbocycles. The van der Waals surface area contributed by atoms with E-state index in [4.69, 9.17) is 42.1 Å². The van der Waals surface area contributed by atoms with Crippen LogP contribution >= 0.6 is 23.2 Å². The number of benzene rings is 4. The molecule has 0 aliphatic carbocycles. The van der Waals surface area contributed by atoms with Crippen LogP contribution in [0.15, 0.2) is 110 Å². The minimum absolute atomic E-state index is 0.196. The van der Waals surface area contributed by atoms with Gasteiger partial charge in [0.25, 0.3) is 0 Å². The van der Waals surface area contributed by atoms with Gasteiger partial charge >= 0.3 is 0 Å². The molecule has 0 atom stereocenters. The van der Waals surface area contributed by atoms with Gasteiger partial charge in [0, 0.05) is 32.3 Å². The van der Waals surface area contributed by atoms with Crippen LogP contribution in [-0.4, -0.2) is 39.0 Å². The molecule has 8 heteroatoms. The van der Waals surface area contributed by atoms with Gasteiger partial charge in [0.05, 0.1) is 14.2 Å². The van der Waals surface area contributed by atoms with Crippen LogP contribution in [-0.2, 0) is 0 Å². The summed E-state index contributed by atoms with van der Waals surface area (Å²) < 4.78 is 23.7. The van der Waals surface area contributed by atoms with Gasteiger partial charge in [0.2, 0.25) is 0 Å². The Morgan fingerprint density at radius 2 is 1.00 bits per heavy atom. The van der Waals surface area contributed by atoms with Crippen LogP contribution < -0.4 is 18.9 Å². The Hall–Kier alpha value is -5.04. The Balaban J connectivity index is 1.87. The molecule has 0 heterocycles. The number of rotatable bonds is 15. The molecule has 0 radical (unpaired) electrons. The summed E-state index contributed by atoms with van der Waals surface area (Å²) in [7, 11) is 3.06. The summed E-state index contributed by atoms with van der Waals surface area (Å²) in [6.07, 6.45) is 9.58. The lowest BCUT2D eigenvalue weighted by atomic mass is 9.96. The fourth-order valence-electron chi connectivity index (χ4n) is 4.49. The van der Waals surface area contributed by atoms with Gasteiger partial charge in [-0.05, 0) is 96.1 Å². The average Bonchev–Trinajstić information content (AvgIpc) is 3.07. The van der Waals surface area contributed by atoms with Crippen molar-refractivity contribution in [1.82, 2.24) is 0 Å². The number of hydrogen-bond donors (Lipinski definition) is 0. The molecule has 0 bridgehead atoms. The Labute approximate surface area is 278 Å². The van der Waals surface area contributed by atoms with E-state index in [0.29, 0.717) is 66.4 Å². The molecular formula is C38H32Cl2O6. The Kier molecular flexibility index (Phi) is 12.0. The van der Waals surface area contributed by atoms with Crippen molar-refractivity contribution < 1.29 is 28.5 Å². The van der Waals surface area contributed by atoms with Crippen LogP contribution in [0.4, 0.5) is 0 Å². The number of hydrogen-bond acceptors (Lipinski definition) is 6. The van der Waals surface area contributed by atoms with E-state index >= 15 is 0 Å². The minimum atomic E-state index is -0.196. The molecule has 0 aliphatic rings. The second kappa shape index (κ2) is 16.3. The lowest BCUT2D eigenvalue weighted by molar-refractivity contribution is 0.103. The van der Waals surface area contributed by atoms with E-state index in [1.807, 2.05) is 12.1 Å². The SMILES string of the molecule is C=CCOc1c(OC)cc(/C=C/C(=O)c2ccc(Cl)cc2)cc1-c1cc(/C=C/C(=O)c2ccc(Cl)cc2)cc(OC)c1OCC=C. The summed E-state index contributed by atoms with van der Waals surface area (Å²) in [4.78, 5) is 25.8. The zero-order chi connectivity index (χ0) is 33.1. The molecule has 0 fully saturated rings. The highest BCUT2D eigenvalue weighted by Crippen LogP contribution is 2.47. The van der Waals surface area contributed by atoms with Gasteiger partial charge in [-0.2, -0.15) is 0 Å². The van der Waals surface area contributed by atoms with Crippen LogP contribution in [0.25, 0.3) is 23.3 Å². The molecule has 6 nitrogen and oxygen atoms in total. The van der Waals surface area contributed by atoms with E-state index in [9.17, 15) is 9.59 Å². The van der Waals surface area contributed by atoms with Gasteiger partial charge in [-0.25, -0.2) is 0 Å². The molecule has 0 spiro atoms. The number of allylic oxidation sites excluding steroid dienone is 2. The van der Waals surface area contributed by atoms with E-state index in [-0.39, 0.29) is 24.8 Å². The second-order valence-corrected chi connectivity index (χ2v) is 10.7. The van der Waals surface area contributed by atoms with Crippen molar-refractivity contribution in [3.05, 3.63) is 143 Å². The highest BCUT2D eigenvalue weighted by atomic mass is 35.5. The first-order chi connectivity index (χ1) is 22.3. The molecule has 0 aromatic heterocycles. The van der Waals surface area contributed by atoms with Gasteiger partial charge in [0.1, 0.15) is 13.2 Å². The van der Waals surface area contributed by atoms with Crippen molar-refractivity contribution in [2.75, 3.05) is 27.4 Å². The van der Waals surface area contributed by atoms with Gasteiger partial charge in [-0.3, -0.25) is 9.59 Å². The van der Waals surface area contributed by atoms with Gasteiger partial charge in [0.15, 0.2) is 34.6 Å². The fourth-order valence-corrected chi connectivity index (χ4v) is 4.74. The monoisotopic (exact) mass is 654 g/mol. The van der Waals surface area contributed by atoms with Gasteiger partial charge in [-0.15, -0.1) is 0 Å². The Morgan fingerprint density at radius 3 is 1.33 bits per heavy atom. The van der Waals surface area contributed by atoms with E-state index in [0.717, 1.165) is 0 Å². The average molecular weight is 656 g/mol. The van der Waals surface area contributed by atoms with E-state index < -0.39 is 0 Å². The number of carbonyl (C=O) groups excluding carboxylic acids is 2. The normalized spacial score (nSPS) is 11.0. The fraction of sp³-hybridized carbons (Fsp3) is 0.105. The number of halogens is 2. The highest BCUT2D eigenvalue weighted by molar-refractivity contribution is 6.31. The van der Waals surface area contributed by atoms with E-state index in [2.05, 4.69) is 13.2 Å². The smallest absolute Gasteiger partial charge is 0.185 e. The Morgan fingerprint density at radius 1 is 0.630 bits per heavy atom. The molecule has 0 N–H and O–H groups in total. The van der Waals surface area contributed by atoms with E-state index in [1.54, 1.807) is 85.0 Å². The molecule has 234 valence electrons. The van der Waals surface area contributed by atoms with Gasteiger partial charge in [-0.1, -0.05) is 60.7 Å². The third-order valence-electron chi connectivity index (χ3n) is 6.69. The number of ether oxygens (including phenoxy) is 4. The first-order valence-electron chi connectivity index (χ1n) is 14.2. The molecule has 46 heavy (non-hydrogen) atoms. The van der Waals surface area contributed by atoms with Crippen LogP contribution in [0.2, 0.25) is 10.0 Å². The molecule has 4 aromatic rings. The van der Waals surface area contributed by atoms with Crippen LogP contribution in [0.3, 0.4) is 0 Å². The van der Waals surface area contributed by atoms with Crippen molar-refractivity contribution in [2.45, 2.75) is 0 Å². The Bertz CT molecular complexity index is 1650. The second-order valence-electron chi connectivity index (χ2n) is 9.81. The maximum absolute atomic E-state index is 12.9. The summed E-state index contributed by atoms with van der Waals surface area (Å²) in [6.45, 7) is 7.95. The number of carbonyl (C=O) groups is 2. The molecule has 0 saturated carbocycles. The standard InChI is InChI=1S/C38H32Cl2O6/c1-5-19-45-37-31(21-25(23-35(37)43-3)7-17-33(41)27-9-13-29(39)14-10-27)32-22-26(24-36(44-4)38(32)46-20-6-2)8-18-34(42)28-11-15-30(40)16-12-28/h5-18,21-24H,1-2,19-20H2,3-4H3/b17-7+,18-8+. The van der Waals surface area contributed by atoms with Crippen molar-refractivity contribution >= 4 is 46.9 Å². The minimum Gasteiger partial charge on any atom is -0.493 e. The molecular weight excluding hydrogens is 623 g/mol. The predicted octanol–water partition coefficient (Wildman–Crippen LogP) is 9.60. The third-order valence-corrected chi connectivity index (χ3v) is 7.19. The quantitative estimate of drug-likeness (QED) is 0.0722. The molecule has 0 saturated heterocycles. The van der Waals surface area contributed by atoms with Crippen LogP contribution in [0, 0.1) is 0 Å². The van der Waals surface area contributed by atoms with Gasteiger partial charge < -0.3 is 18.9 Å². The topological polar surface area (TPSA) is 71.1 Å². The maximum atomic E-state index is 12.9. The summed E-state index contributed by atoms with van der Waals surface area (Å²) >= 11 is 12.0. The summed E-state index contributed by atoms with van der Waals surface area (Å²) in [6, 6.07) is 20.6. The number of ketones is 2. The lowest BCUT2D eigenvalue weighted by Crippen LogP contribution is -2.03. The van der Waals surface area contributed by atoms with Crippen LogP contribution in [0.5, 0.6) is 23.0 Å². The first-order valence-corrected chi connectivity index (χ1v) is 14.9. The number of methoxy groups -OCH3 is 2. The summed E-state index contributed by atoms with van der Waals surface area (Å²) in [5.41, 5.74) is 3.50. The molecule has 0 aliphatic heterocycles. The van der Waals surface area contributed by atoms with E-state index in [1.165, 1.54) is 26.4 Å². The van der Waals surface area contributed by atoms with Crippen molar-refractivity contribution in [3.8, 4) is 34.1 Å². The van der Waals surface area contributed by atoms with Crippen molar-refractivity contribution in [1.29, 1.82) is 0 Å². The molecule has 0 unspecified atom stereocenters. The van der Waals surface area contributed by atoms with Crippen molar-refractivity contribution in [2.24, 2.45) is 0 Å². The largest absolute Gasteiger partial charge is 0.493 e. The molecule has 4 rings (SSSR count).